The Morgan fingerprint density at radius 1 is 1.12 bits per heavy atom. The molecular weight excluding hydrogens is 347 g/mol. The van der Waals surface area contributed by atoms with Crippen LogP contribution in [-0.4, -0.2) is 18.5 Å². The molecule has 1 aromatic carbocycles. The molecule has 0 N–H and O–H groups in total. The van der Waals surface area contributed by atoms with Crippen molar-refractivity contribution in [2.75, 3.05) is 0 Å². The Hall–Kier alpha value is -2.86. The standard InChI is InChI=1S/C16H13FN4O3S/c1-2-5-18-12-9-11(10(17)8-13(12)25-16(18)24)21-14(22)19-6-3-4-7-20(19)15(21)23/h1,8-9H,3-7H2. The van der Waals surface area contributed by atoms with Crippen LogP contribution in [0.3, 0.4) is 0 Å². The molecule has 2 aromatic heterocycles. The van der Waals surface area contributed by atoms with Crippen molar-refractivity contribution >= 4 is 21.6 Å². The van der Waals surface area contributed by atoms with Crippen molar-refractivity contribution in [1.82, 2.24) is 18.5 Å². The number of hydrogen-bond acceptors (Lipinski definition) is 4. The number of fused-ring (bicyclic) bond motifs is 2. The molecule has 0 amide bonds. The first-order valence-electron chi connectivity index (χ1n) is 7.72. The van der Waals surface area contributed by atoms with Crippen LogP contribution in [0.2, 0.25) is 0 Å². The number of hydrogen-bond donors (Lipinski definition) is 0. The van der Waals surface area contributed by atoms with Crippen LogP contribution < -0.4 is 16.3 Å². The van der Waals surface area contributed by atoms with Crippen LogP contribution in [0.1, 0.15) is 12.8 Å². The maximum absolute atomic E-state index is 14.6. The van der Waals surface area contributed by atoms with E-state index in [0.717, 1.165) is 34.8 Å². The van der Waals surface area contributed by atoms with Gasteiger partial charge in [-0.3, -0.25) is 9.36 Å². The fraction of sp³-hybridized carbons (Fsp3) is 0.312. The number of thiazole rings is 1. The second-order valence-electron chi connectivity index (χ2n) is 5.78. The molecule has 0 saturated carbocycles. The molecule has 128 valence electrons. The van der Waals surface area contributed by atoms with E-state index in [-0.39, 0.29) is 17.1 Å². The van der Waals surface area contributed by atoms with Gasteiger partial charge < -0.3 is 0 Å². The molecule has 0 aliphatic carbocycles. The number of nitrogens with zero attached hydrogens (tertiary/aromatic N) is 4. The molecule has 0 unspecified atom stereocenters. The van der Waals surface area contributed by atoms with Crippen LogP contribution >= 0.6 is 11.3 Å². The summed E-state index contributed by atoms with van der Waals surface area (Å²) >= 11 is 0.868. The predicted octanol–water partition coefficient (Wildman–Crippen LogP) is 0.743. The van der Waals surface area contributed by atoms with Crippen molar-refractivity contribution in [3.8, 4) is 18.0 Å². The minimum absolute atomic E-state index is 0.0318. The number of halogens is 1. The van der Waals surface area contributed by atoms with Crippen molar-refractivity contribution < 1.29 is 4.39 Å². The van der Waals surface area contributed by atoms with Crippen molar-refractivity contribution in [2.24, 2.45) is 0 Å². The van der Waals surface area contributed by atoms with Gasteiger partial charge >= 0.3 is 16.3 Å². The fourth-order valence-electron chi connectivity index (χ4n) is 3.17. The molecule has 4 rings (SSSR count). The molecule has 3 aromatic rings. The molecular formula is C16H13FN4O3S. The highest BCUT2D eigenvalue weighted by molar-refractivity contribution is 7.16. The first kappa shape index (κ1) is 15.7. The smallest absolute Gasteiger partial charge is 0.287 e. The third-order valence-corrected chi connectivity index (χ3v) is 5.27. The van der Waals surface area contributed by atoms with E-state index in [4.69, 9.17) is 6.42 Å². The first-order valence-corrected chi connectivity index (χ1v) is 8.54. The van der Waals surface area contributed by atoms with E-state index in [9.17, 15) is 18.8 Å². The normalized spacial score (nSPS) is 13.8. The second kappa shape index (κ2) is 5.60. The molecule has 0 radical (unpaired) electrons. The van der Waals surface area contributed by atoms with E-state index in [1.807, 2.05) is 0 Å². The van der Waals surface area contributed by atoms with Gasteiger partial charge in [0.15, 0.2) is 0 Å². The fourth-order valence-corrected chi connectivity index (χ4v) is 4.06. The van der Waals surface area contributed by atoms with Crippen molar-refractivity contribution in [1.29, 1.82) is 0 Å². The summed E-state index contributed by atoms with van der Waals surface area (Å²) in [7, 11) is 0. The monoisotopic (exact) mass is 360 g/mol. The van der Waals surface area contributed by atoms with Gasteiger partial charge in [0.2, 0.25) is 0 Å². The molecule has 0 spiro atoms. The zero-order valence-electron chi connectivity index (χ0n) is 13.1. The number of benzene rings is 1. The van der Waals surface area contributed by atoms with E-state index in [2.05, 4.69) is 5.92 Å². The number of terminal acetylenes is 1. The summed E-state index contributed by atoms with van der Waals surface area (Å²) in [6, 6.07) is 2.51. The van der Waals surface area contributed by atoms with E-state index >= 15 is 0 Å². The Balaban J connectivity index is 2.04. The minimum Gasteiger partial charge on any atom is -0.287 e. The Bertz CT molecular complexity index is 1180. The largest absolute Gasteiger partial charge is 0.351 e. The second-order valence-corrected chi connectivity index (χ2v) is 6.78. The quantitative estimate of drug-likeness (QED) is 0.633. The summed E-state index contributed by atoms with van der Waals surface area (Å²) in [5, 5.41) is 0. The van der Waals surface area contributed by atoms with Gasteiger partial charge in [-0.1, -0.05) is 17.3 Å². The molecule has 3 heterocycles. The third-order valence-electron chi connectivity index (χ3n) is 4.33. The Kier molecular flexibility index (Phi) is 3.51. The summed E-state index contributed by atoms with van der Waals surface area (Å²) in [6.45, 7) is 0.875. The predicted molar refractivity (Wildman–Crippen MR) is 92.0 cm³/mol. The average Bonchev–Trinajstić information content (AvgIpc) is 3.03. The van der Waals surface area contributed by atoms with Gasteiger partial charge in [0.25, 0.3) is 0 Å². The highest BCUT2D eigenvalue weighted by atomic mass is 32.1. The average molecular weight is 360 g/mol. The van der Waals surface area contributed by atoms with Crippen LogP contribution in [-0.2, 0) is 19.6 Å². The Morgan fingerprint density at radius 3 is 2.36 bits per heavy atom. The highest BCUT2D eigenvalue weighted by Crippen LogP contribution is 2.23. The molecule has 1 aliphatic rings. The number of aromatic nitrogens is 4. The minimum atomic E-state index is -0.732. The lowest BCUT2D eigenvalue weighted by atomic mass is 10.2. The number of rotatable bonds is 2. The Labute approximate surface area is 144 Å². The van der Waals surface area contributed by atoms with Crippen LogP contribution in [0, 0.1) is 18.2 Å². The molecule has 0 bridgehead atoms. The zero-order valence-corrected chi connectivity index (χ0v) is 13.9. The zero-order chi connectivity index (χ0) is 17.7. The molecule has 9 heteroatoms. The van der Waals surface area contributed by atoms with Gasteiger partial charge in [-0.2, -0.15) is 0 Å². The summed E-state index contributed by atoms with van der Waals surface area (Å²) < 4.78 is 19.8. The van der Waals surface area contributed by atoms with Gasteiger partial charge in [-0.05, 0) is 25.0 Å². The first-order chi connectivity index (χ1) is 12.0. The highest BCUT2D eigenvalue weighted by Gasteiger charge is 2.22. The summed E-state index contributed by atoms with van der Waals surface area (Å²) in [5.41, 5.74) is -0.918. The van der Waals surface area contributed by atoms with E-state index in [1.165, 1.54) is 20.0 Å². The summed E-state index contributed by atoms with van der Waals surface area (Å²) in [6.07, 6.45) is 6.86. The van der Waals surface area contributed by atoms with E-state index in [1.54, 1.807) is 0 Å². The third kappa shape index (κ3) is 2.21. The van der Waals surface area contributed by atoms with E-state index < -0.39 is 17.2 Å². The van der Waals surface area contributed by atoms with Gasteiger partial charge in [0, 0.05) is 13.1 Å². The summed E-state index contributed by atoms with van der Waals surface area (Å²) in [5.74, 6) is 1.64. The topological polar surface area (TPSA) is 70.9 Å². The molecule has 0 fully saturated rings. The van der Waals surface area contributed by atoms with Crippen molar-refractivity contribution in [2.45, 2.75) is 32.5 Å². The van der Waals surface area contributed by atoms with Gasteiger partial charge in [-0.15, -0.1) is 6.42 Å². The lowest BCUT2D eigenvalue weighted by molar-refractivity contribution is 0.348. The SMILES string of the molecule is C#CCn1c(=O)sc2cc(F)c(-n3c(=O)n4n(c3=O)CCCC4)cc21. The lowest BCUT2D eigenvalue weighted by Gasteiger charge is -2.13. The van der Waals surface area contributed by atoms with Crippen LogP contribution in [0.15, 0.2) is 26.5 Å². The van der Waals surface area contributed by atoms with E-state index in [0.29, 0.717) is 23.3 Å². The van der Waals surface area contributed by atoms with Crippen molar-refractivity contribution in [3.05, 3.63) is 48.6 Å². The maximum atomic E-state index is 14.6. The molecule has 1 aliphatic heterocycles. The maximum Gasteiger partial charge on any atom is 0.351 e. The lowest BCUT2D eigenvalue weighted by Crippen LogP contribution is -2.30. The summed E-state index contributed by atoms with van der Waals surface area (Å²) in [4.78, 5) is 36.8. The van der Waals surface area contributed by atoms with Crippen LogP contribution in [0.5, 0.6) is 0 Å². The molecule has 7 nitrogen and oxygen atoms in total. The molecule has 0 saturated heterocycles. The molecule has 0 atom stereocenters. The Morgan fingerprint density at radius 2 is 1.76 bits per heavy atom. The van der Waals surface area contributed by atoms with Gasteiger partial charge in [-0.25, -0.2) is 27.9 Å². The van der Waals surface area contributed by atoms with Crippen LogP contribution in [0.25, 0.3) is 15.9 Å². The molecule has 25 heavy (non-hydrogen) atoms. The van der Waals surface area contributed by atoms with Gasteiger partial charge in [0.05, 0.1) is 22.4 Å². The van der Waals surface area contributed by atoms with Gasteiger partial charge in [0.1, 0.15) is 5.82 Å². The van der Waals surface area contributed by atoms with Crippen LogP contribution in [0.4, 0.5) is 4.39 Å². The van der Waals surface area contributed by atoms with Crippen molar-refractivity contribution in [3.63, 3.8) is 0 Å².